The molecule has 0 unspecified atom stereocenters. The van der Waals surface area contributed by atoms with Crippen LogP contribution in [0.2, 0.25) is 0 Å². The van der Waals surface area contributed by atoms with Gasteiger partial charge in [0.05, 0.1) is 21.2 Å². The van der Waals surface area contributed by atoms with Gasteiger partial charge in [-0.25, -0.2) is 18.2 Å². The molecule has 0 aliphatic heterocycles. The summed E-state index contributed by atoms with van der Waals surface area (Å²) in [5.41, 5.74) is -0.641. The van der Waals surface area contributed by atoms with Crippen LogP contribution in [0.4, 0.5) is 16.2 Å². The molecule has 0 atom stereocenters. The quantitative estimate of drug-likeness (QED) is 0.434. The lowest BCUT2D eigenvalue weighted by Crippen LogP contribution is -2.45. The number of ether oxygens (including phenoxy) is 1. The van der Waals surface area contributed by atoms with Crippen LogP contribution < -0.4 is 16.0 Å². The third-order valence-corrected chi connectivity index (χ3v) is 5.84. The zero-order chi connectivity index (χ0) is 25.5. The predicted molar refractivity (Wildman–Crippen MR) is 128 cm³/mol. The molecular weight excluding hydrogens is 460 g/mol. The van der Waals surface area contributed by atoms with Crippen molar-refractivity contribution in [1.82, 2.24) is 10.6 Å². The van der Waals surface area contributed by atoms with Gasteiger partial charge < -0.3 is 10.1 Å². The van der Waals surface area contributed by atoms with Gasteiger partial charge in [0.2, 0.25) is 27.6 Å². The van der Waals surface area contributed by atoms with Crippen LogP contribution in [0.5, 0.6) is 0 Å². The molecule has 0 radical (unpaired) electrons. The summed E-state index contributed by atoms with van der Waals surface area (Å²) in [6.07, 6.45) is -0.785. The molecule has 0 spiro atoms. The number of carbonyl (C=O) groups is 3. The van der Waals surface area contributed by atoms with Crippen LogP contribution in [-0.4, -0.2) is 37.9 Å². The van der Waals surface area contributed by atoms with Crippen LogP contribution in [0.1, 0.15) is 41.0 Å². The highest BCUT2D eigenvalue weighted by Gasteiger charge is 2.21. The highest BCUT2D eigenvalue weighted by atomic mass is 32.2. The summed E-state index contributed by atoms with van der Waals surface area (Å²) in [6.45, 7) is 7.89. The lowest BCUT2D eigenvalue weighted by atomic mass is 10.2. The minimum absolute atomic E-state index is 0.00494. The van der Waals surface area contributed by atoms with Gasteiger partial charge in [-0.1, -0.05) is 25.1 Å². The zero-order valence-electron chi connectivity index (χ0n) is 19.6. The van der Waals surface area contributed by atoms with Gasteiger partial charge in [0, 0.05) is 13.3 Å². The maximum atomic E-state index is 13.1. The topological polar surface area (TPSA) is 143 Å². The molecule has 34 heavy (non-hydrogen) atoms. The minimum atomic E-state index is -3.90. The Bertz CT molecular complexity index is 1200. The molecule has 2 rings (SSSR count). The number of benzene rings is 2. The number of hydrogen-bond donors (Lipinski definition) is 3. The Hall–Kier alpha value is -3.73. The summed E-state index contributed by atoms with van der Waals surface area (Å²) in [4.78, 5) is 40.2. The number of amides is 3. The third kappa shape index (κ3) is 7.69. The molecule has 2 aromatic carbocycles. The molecular formula is C23H28N4O6S. The van der Waals surface area contributed by atoms with E-state index in [-0.39, 0.29) is 33.5 Å². The Labute approximate surface area is 198 Å². The first kappa shape index (κ1) is 26.5. The smallest absolute Gasteiger partial charge is 0.414 e. The highest BCUT2D eigenvalue weighted by molar-refractivity contribution is 7.91. The van der Waals surface area contributed by atoms with E-state index in [2.05, 4.69) is 20.9 Å². The van der Waals surface area contributed by atoms with Crippen molar-refractivity contribution in [3.8, 4) is 0 Å². The summed E-state index contributed by atoms with van der Waals surface area (Å²) < 4.78 is 31.3. The molecule has 0 aliphatic rings. The minimum Gasteiger partial charge on any atom is -0.444 e. The molecule has 0 aromatic heterocycles. The summed E-state index contributed by atoms with van der Waals surface area (Å²) in [5.74, 6) is -1.17. The van der Waals surface area contributed by atoms with E-state index in [0.29, 0.717) is 0 Å². The second-order valence-corrected chi connectivity index (χ2v) is 10.1. The van der Waals surface area contributed by atoms with E-state index in [9.17, 15) is 22.8 Å². The lowest BCUT2D eigenvalue weighted by Gasteiger charge is -2.20. The van der Waals surface area contributed by atoms with E-state index in [1.54, 1.807) is 45.9 Å². The number of sulfone groups is 1. The molecule has 0 fully saturated rings. The van der Waals surface area contributed by atoms with Gasteiger partial charge in [-0.15, -0.1) is 0 Å². The van der Waals surface area contributed by atoms with Crippen molar-refractivity contribution in [3.63, 3.8) is 0 Å². The van der Waals surface area contributed by atoms with Crippen LogP contribution in [0.15, 0.2) is 63.3 Å². The summed E-state index contributed by atoms with van der Waals surface area (Å²) in [7, 11) is -3.90. The second-order valence-electron chi connectivity index (χ2n) is 8.17. The first-order chi connectivity index (χ1) is 15.8. The van der Waals surface area contributed by atoms with Crippen LogP contribution in [-0.2, 0) is 24.2 Å². The number of rotatable bonds is 5. The highest BCUT2D eigenvalue weighted by Crippen LogP contribution is 2.31. The maximum absolute atomic E-state index is 13.1. The fraction of sp³-hybridized carbons (Fsp3) is 0.304. The Morgan fingerprint density at radius 2 is 1.62 bits per heavy atom. The number of hydrogen-bond acceptors (Lipinski definition) is 7. The van der Waals surface area contributed by atoms with Gasteiger partial charge in [0.1, 0.15) is 5.60 Å². The number of guanidine groups is 1. The summed E-state index contributed by atoms with van der Waals surface area (Å²) in [5, 5.41) is 7.35. The SMILES string of the molecule is CCC(=O)NC(=Nc1cc(S(=O)(=O)c2ccccc2)ccc1NC(C)=O)NC(=O)OC(C)(C)C. The van der Waals surface area contributed by atoms with E-state index in [0.717, 1.165) is 0 Å². The Balaban J connectivity index is 2.59. The van der Waals surface area contributed by atoms with Gasteiger partial charge in [-0.3, -0.25) is 20.2 Å². The molecule has 0 heterocycles. The third-order valence-electron chi connectivity index (χ3n) is 4.07. The molecule has 3 N–H and O–H groups in total. The molecule has 11 heteroatoms. The van der Waals surface area contributed by atoms with Crippen molar-refractivity contribution < 1.29 is 27.5 Å². The Kier molecular flexibility index (Phi) is 8.52. The van der Waals surface area contributed by atoms with Gasteiger partial charge in [0.25, 0.3) is 0 Å². The molecule has 2 aromatic rings. The van der Waals surface area contributed by atoms with Crippen molar-refractivity contribution in [3.05, 3.63) is 48.5 Å². The first-order valence-electron chi connectivity index (χ1n) is 10.4. The normalized spacial score (nSPS) is 12.0. The fourth-order valence-corrected chi connectivity index (χ4v) is 3.93. The first-order valence-corrected chi connectivity index (χ1v) is 11.9. The van der Waals surface area contributed by atoms with Crippen molar-refractivity contribution in [1.29, 1.82) is 0 Å². The molecule has 0 saturated heterocycles. The Morgan fingerprint density at radius 3 is 2.18 bits per heavy atom. The van der Waals surface area contributed by atoms with Crippen molar-refractivity contribution in [2.24, 2.45) is 4.99 Å². The molecule has 3 amide bonds. The van der Waals surface area contributed by atoms with Crippen LogP contribution in [0, 0.1) is 0 Å². The van der Waals surface area contributed by atoms with E-state index >= 15 is 0 Å². The number of carbonyl (C=O) groups excluding carboxylic acids is 3. The van der Waals surface area contributed by atoms with Crippen molar-refractivity contribution in [2.45, 2.75) is 56.4 Å². The summed E-state index contributed by atoms with van der Waals surface area (Å²) in [6, 6.07) is 11.7. The van der Waals surface area contributed by atoms with E-state index < -0.39 is 33.3 Å². The van der Waals surface area contributed by atoms with Crippen LogP contribution in [0.25, 0.3) is 0 Å². The zero-order valence-corrected chi connectivity index (χ0v) is 20.4. The lowest BCUT2D eigenvalue weighted by molar-refractivity contribution is -0.119. The number of alkyl carbamates (subject to hydrolysis) is 1. The van der Waals surface area contributed by atoms with Gasteiger partial charge >= 0.3 is 6.09 Å². The average Bonchev–Trinajstić information content (AvgIpc) is 2.73. The fourth-order valence-electron chi connectivity index (χ4n) is 2.63. The van der Waals surface area contributed by atoms with Gasteiger partial charge in [-0.05, 0) is 51.1 Å². The van der Waals surface area contributed by atoms with E-state index in [1.165, 1.54) is 37.3 Å². The van der Waals surface area contributed by atoms with Gasteiger partial charge in [0.15, 0.2) is 0 Å². The maximum Gasteiger partial charge on any atom is 0.414 e. The van der Waals surface area contributed by atoms with E-state index in [4.69, 9.17) is 4.74 Å². The number of aliphatic imine (C=N–C) groups is 1. The predicted octanol–water partition coefficient (Wildman–Crippen LogP) is 3.52. The van der Waals surface area contributed by atoms with Crippen molar-refractivity contribution in [2.75, 3.05) is 5.32 Å². The number of nitrogens with one attached hydrogen (secondary N) is 3. The molecule has 0 bridgehead atoms. The largest absolute Gasteiger partial charge is 0.444 e. The molecule has 10 nitrogen and oxygen atoms in total. The average molecular weight is 489 g/mol. The van der Waals surface area contributed by atoms with Crippen molar-refractivity contribution >= 4 is 45.1 Å². The standard InChI is InChI=1S/C23H28N4O6S/c1-6-20(29)26-21(27-22(30)33-23(3,4)5)25-19-14-17(12-13-18(19)24-15(2)28)34(31,32)16-10-8-7-9-11-16/h7-14H,6H2,1-5H3,(H,24,28)(H2,25,26,27,29,30). The molecule has 0 saturated carbocycles. The second kappa shape index (κ2) is 10.9. The van der Waals surface area contributed by atoms with Crippen LogP contribution in [0.3, 0.4) is 0 Å². The monoisotopic (exact) mass is 488 g/mol. The summed E-state index contributed by atoms with van der Waals surface area (Å²) >= 11 is 0. The number of nitrogens with zero attached hydrogens (tertiary/aromatic N) is 1. The number of anilines is 1. The van der Waals surface area contributed by atoms with Gasteiger partial charge in [-0.2, -0.15) is 0 Å². The van der Waals surface area contributed by atoms with E-state index in [1.807, 2.05) is 0 Å². The van der Waals surface area contributed by atoms with Crippen LogP contribution >= 0.6 is 0 Å². The molecule has 182 valence electrons. The Morgan fingerprint density at radius 1 is 0.971 bits per heavy atom. The molecule has 0 aliphatic carbocycles.